The minimum absolute atomic E-state index is 0.0300. The number of amides is 3. The first-order chi connectivity index (χ1) is 15.3. The van der Waals surface area contributed by atoms with Crippen LogP contribution in [0.25, 0.3) is 10.9 Å². The number of nitrogens with one attached hydrogen (secondary N) is 1. The van der Waals surface area contributed by atoms with E-state index in [1.165, 1.54) is 14.0 Å². The highest BCUT2D eigenvalue weighted by molar-refractivity contribution is 6.12. The largest absolute Gasteiger partial charge is 0.426 e. The maximum Gasteiger partial charge on any atom is 0.308 e. The molecule has 1 N–H and O–H groups in total. The number of pyridine rings is 1. The van der Waals surface area contributed by atoms with Crippen LogP contribution in [0, 0.1) is 6.92 Å². The average molecular weight is 431 g/mol. The minimum atomic E-state index is -0.788. The van der Waals surface area contributed by atoms with E-state index in [1.807, 2.05) is 12.1 Å². The van der Waals surface area contributed by atoms with E-state index in [2.05, 4.69) is 10.3 Å². The molecule has 1 aliphatic rings. The van der Waals surface area contributed by atoms with Gasteiger partial charge in [-0.05, 0) is 30.7 Å². The number of carbonyl (C=O) groups is 4. The number of likely N-dealkylation sites (N-methyl/N-ethyl adjacent to an activating group) is 1. The van der Waals surface area contributed by atoms with Crippen molar-refractivity contribution in [2.75, 3.05) is 12.4 Å². The maximum atomic E-state index is 13.5. The van der Waals surface area contributed by atoms with Gasteiger partial charge in [0, 0.05) is 37.5 Å². The highest BCUT2D eigenvalue weighted by atomic mass is 16.5. The Morgan fingerprint density at radius 2 is 1.88 bits per heavy atom. The van der Waals surface area contributed by atoms with Crippen LogP contribution in [-0.4, -0.2) is 40.6 Å². The summed E-state index contributed by atoms with van der Waals surface area (Å²) in [5.41, 5.74) is 2.12. The van der Waals surface area contributed by atoms with E-state index in [4.69, 9.17) is 4.74 Å². The summed E-state index contributed by atoms with van der Waals surface area (Å²) >= 11 is 0. The molecule has 2 aromatic carbocycles. The van der Waals surface area contributed by atoms with E-state index in [0.29, 0.717) is 22.3 Å². The molecule has 1 aliphatic heterocycles. The Hall–Kier alpha value is -4.07. The molecule has 3 amide bonds. The molecule has 8 heteroatoms. The van der Waals surface area contributed by atoms with Crippen LogP contribution >= 0.6 is 0 Å². The smallest absolute Gasteiger partial charge is 0.308 e. The van der Waals surface area contributed by atoms with Gasteiger partial charge in [0.1, 0.15) is 5.75 Å². The molecule has 2 heterocycles. The number of anilines is 1. The summed E-state index contributed by atoms with van der Waals surface area (Å²) in [6.07, 6.45) is 1.60. The number of ether oxygens (including phenoxy) is 1. The lowest BCUT2D eigenvalue weighted by atomic mass is 9.89. The van der Waals surface area contributed by atoms with E-state index in [-0.39, 0.29) is 29.5 Å². The molecule has 0 aliphatic carbocycles. The van der Waals surface area contributed by atoms with E-state index in [9.17, 15) is 19.2 Å². The van der Waals surface area contributed by atoms with Gasteiger partial charge in [-0.2, -0.15) is 0 Å². The fourth-order valence-electron chi connectivity index (χ4n) is 3.96. The molecular formula is C24H21N3O5. The van der Waals surface area contributed by atoms with Crippen LogP contribution in [0.2, 0.25) is 0 Å². The Morgan fingerprint density at radius 1 is 1.12 bits per heavy atom. The molecule has 1 atom stereocenters. The number of nitrogens with zero attached hydrogens (tertiary/aromatic N) is 2. The molecule has 0 radical (unpaired) electrons. The van der Waals surface area contributed by atoms with Crippen LogP contribution in [0.3, 0.4) is 0 Å². The summed E-state index contributed by atoms with van der Waals surface area (Å²) in [4.78, 5) is 55.2. The lowest BCUT2D eigenvalue weighted by Gasteiger charge is -2.19. The zero-order valence-electron chi connectivity index (χ0n) is 17.8. The number of carbonyl (C=O) groups excluding carboxylic acids is 4. The van der Waals surface area contributed by atoms with Crippen LogP contribution < -0.4 is 10.1 Å². The van der Waals surface area contributed by atoms with Gasteiger partial charge in [0.15, 0.2) is 0 Å². The van der Waals surface area contributed by atoms with E-state index < -0.39 is 17.8 Å². The van der Waals surface area contributed by atoms with Gasteiger partial charge >= 0.3 is 5.97 Å². The second kappa shape index (κ2) is 8.22. The van der Waals surface area contributed by atoms with Crippen LogP contribution in [0.5, 0.6) is 5.75 Å². The molecule has 1 unspecified atom stereocenters. The van der Waals surface area contributed by atoms with E-state index in [1.54, 1.807) is 43.5 Å². The quantitative estimate of drug-likeness (QED) is 0.386. The number of para-hydroxylation sites is 1. The summed E-state index contributed by atoms with van der Waals surface area (Å²) in [5, 5.41) is 3.73. The molecule has 0 saturated carbocycles. The third-order valence-electron chi connectivity index (χ3n) is 5.57. The number of rotatable bonds is 4. The fraction of sp³-hybridized carbons (Fsp3) is 0.208. The van der Waals surface area contributed by atoms with Crippen molar-refractivity contribution >= 4 is 40.3 Å². The van der Waals surface area contributed by atoms with Gasteiger partial charge in [0.05, 0.1) is 22.7 Å². The van der Waals surface area contributed by atoms with Gasteiger partial charge in [-0.1, -0.05) is 24.3 Å². The van der Waals surface area contributed by atoms with Crippen molar-refractivity contribution in [3.8, 4) is 5.75 Å². The molecule has 8 nitrogen and oxygen atoms in total. The normalized spacial score (nSPS) is 15.8. The second-order valence-electron chi connectivity index (χ2n) is 7.63. The minimum Gasteiger partial charge on any atom is -0.426 e. The van der Waals surface area contributed by atoms with Crippen molar-refractivity contribution in [2.45, 2.75) is 26.2 Å². The molecule has 32 heavy (non-hydrogen) atoms. The van der Waals surface area contributed by atoms with Crippen LogP contribution in [0.15, 0.2) is 48.7 Å². The average Bonchev–Trinajstić information content (AvgIpc) is 3.02. The SMILES string of the molecule is CC(=O)Oc1ccc(C2CC(=O)N(C)C2=O)c(C(=O)Nc2cccc3cccnc23)c1C. The topological polar surface area (TPSA) is 106 Å². The van der Waals surface area contributed by atoms with Gasteiger partial charge in [-0.25, -0.2) is 0 Å². The molecule has 0 spiro atoms. The molecule has 4 rings (SSSR count). The summed E-state index contributed by atoms with van der Waals surface area (Å²) < 4.78 is 5.25. The second-order valence-corrected chi connectivity index (χ2v) is 7.63. The van der Waals surface area contributed by atoms with Crippen molar-refractivity contribution < 1.29 is 23.9 Å². The van der Waals surface area contributed by atoms with Gasteiger partial charge in [0.25, 0.3) is 5.91 Å². The first-order valence-electron chi connectivity index (χ1n) is 10.1. The molecule has 1 fully saturated rings. The number of aromatic nitrogens is 1. The monoisotopic (exact) mass is 431 g/mol. The number of esters is 1. The highest BCUT2D eigenvalue weighted by Gasteiger charge is 2.39. The number of benzene rings is 2. The van der Waals surface area contributed by atoms with Gasteiger partial charge in [0.2, 0.25) is 11.8 Å². The number of fused-ring (bicyclic) bond motifs is 1. The lowest BCUT2D eigenvalue weighted by molar-refractivity contribution is -0.137. The molecular weight excluding hydrogens is 410 g/mol. The Labute approximate surface area is 184 Å². The van der Waals surface area contributed by atoms with Gasteiger partial charge in [-0.15, -0.1) is 0 Å². The first-order valence-corrected chi connectivity index (χ1v) is 10.1. The molecule has 3 aromatic rings. The summed E-state index contributed by atoms with van der Waals surface area (Å²) in [6.45, 7) is 2.91. The predicted octanol–water partition coefficient (Wildman–Crippen LogP) is 3.19. The number of imide groups is 1. The lowest BCUT2D eigenvalue weighted by Crippen LogP contribution is -2.26. The van der Waals surface area contributed by atoms with Crippen molar-refractivity contribution in [3.63, 3.8) is 0 Å². The Kier molecular flexibility index (Phi) is 5.44. The van der Waals surface area contributed by atoms with Crippen LogP contribution in [-0.2, 0) is 14.4 Å². The Balaban J connectivity index is 1.81. The molecule has 162 valence electrons. The van der Waals surface area contributed by atoms with Crippen LogP contribution in [0.1, 0.15) is 40.7 Å². The highest BCUT2D eigenvalue weighted by Crippen LogP contribution is 2.36. The van der Waals surface area contributed by atoms with Gasteiger partial charge in [-0.3, -0.25) is 29.1 Å². The van der Waals surface area contributed by atoms with Crippen molar-refractivity contribution in [1.29, 1.82) is 0 Å². The van der Waals surface area contributed by atoms with Crippen LogP contribution in [0.4, 0.5) is 5.69 Å². The molecule has 1 aromatic heterocycles. The zero-order valence-corrected chi connectivity index (χ0v) is 17.8. The van der Waals surface area contributed by atoms with E-state index in [0.717, 1.165) is 10.3 Å². The fourth-order valence-corrected chi connectivity index (χ4v) is 3.96. The van der Waals surface area contributed by atoms with Crippen molar-refractivity contribution in [2.24, 2.45) is 0 Å². The van der Waals surface area contributed by atoms with E-state index >= 15 is 0 Å². The Bertz CT molecular complexity index is 1280. The third kappa shape index (κ3) is 3.71. The summed E-state index contributed by atoms with van der Waals surface area (Å²) in [7, 11) is 1.42. The number of likely N-dealkylation sites (tertiary alicyclic amines) is 1. The first kappa shape index (κ1) is 21.2. The van der Waals surface area contributed by atoms with Gasteiger partial charge < -0.3 is 10.1 Å². The Morgan fingerprint density at radius 3 is 2.56 bits per heavy atom. The third-order valence-corrected chi connectivity index (χ3v) is 5.57. The summed E-state index contributed by atoms with van der Waals surface area (Å²) in [6, 6.07) is 12.2. The summed E-state index contributed by atoms with van der Waals surface area (Å²) in [5.74, 6) is -2.28. The number of hydrogen-bond acceptors (Lipinski definition) is 6. The van der Waals surface area contributed by atoms with Crippen molar-refractivity contribution in [1.82, 2.24) is 9.88 Å². The molecule has 0 bridgehead atoms. The maximum absolute atomic E-state index is 13.5. The van der Waals surface area contributed by atoms with Crippen molar-refractivity contribution in [3.05, 3.63) is 65.4 Å². The molecule has 1 saturated heterocycles. The standard InChI is InChI=1S/C24H21N3O5/c1-13-19(32-14(2)28)10-9-16(17-12-20(29)27(3)24(17)31)21(13)23(30)26-18-8-4-6-15-7-5-11-25-22(15)18/h4-11,17H,12H2,1-3H3,(H,26,30). The predicted molar refractivity (Wildman–Crippen MR) is 117 cm³/mol. The zero-order chi connectivity index (χ0) is 23.0. The number of hydrogen-bond donors (Lipinski definition) is 1.